The molecule has 3 N–H and O–H groups in total. The quantitative estimate of drug-likeness (QED) is 0.686. The van der Waals surface area contributed by atoms with E-state index in [1.807, 2.05) is 0 Å². The highest BCUT2D eigenvalue weighted by molar-refractivity contribution is 5.85. The molecule has 0 radical (unpaired) electrons. The van der Waals surface area contributed by atoms with Crippen molar-refractivity contribution in [2.45, 2.75) is 45.2 Å². The number of nitrogens with two attached hydrogens (primary N) is 1. The van der Waals surface area contributed by atoms with Gasteiger partial charge in [0.1, 0.15) is 0 Å². The van der Waals surface area contributed by atoms with Crippen LogP contribution >= 0.6 is 0 Å². The Hall–Kier alpha value is -1.81. The van der Waals surface area contributed by atoms with Crippen molar-refractivity contribution in [3.05, 3.63) is 0 Å². The highest BCUT2D eigenvalue weighted by Gasteiger charge is 2.46. The summed E-state index contributed by atoms with van der Waals surface area (Å²) in [6.45, 7) is 6.24. The molecule has 0 aromatic heterocycles. The average Bonchev–Trinajstić information content (AvgIpc) is 2.56. The Morgan fingerprint density at radius 3 is 1.61 bits per heavy atom. The summed E-state index contributed by atoms with van der Waals surface area (Å²) in [6, 6.07) is -0.315. The van der Waals surface area contributed by atoms with Crippen molar-refractivity contribution >= 4 is 18.2 Å². The van der Waals surface area contributed by atoms with E-state index in [0.717, 1.165) is 12.8 Å². The summed E-state index contributed by atoms with van der Waals surface area (Å²) in [5, 5.41) is 3.00. The summed E-state index contributed by atoms with van der Waals surface area (Å²) in [4.78, 5) is 43.8. The van der Waals surface area contributed by atoms with E-state index in [0.29, 0.717) is 0 Å². The zero-order valence-electron chi connectivity index (χ0n) is 10.7. The SMILES string of the molecule is CCC1(CC)NC(=O)[C@@H](N)[C@H]1C.O=C=O.O=C=O. The molecule has 1 aliphatic rings. The molecular weight excluding hydrogens is 240 g/mol. The van der Waals surface area contributed by atoms with Crippen molar-refractivity contribution in [1.29, 1.82) is 0 Å². The van der Waals surface area contributed by atoms with Gasteiger partial charge in [-0.1, -0.05) is 20.8 Å². The number of nitrogens with one attached hydrogen (secondary N) is 1. The van der Waals surface area contributed by atoms with Gasteiger partial charge in [0.2, 0.25) is 5.91 Å². The van der Waals surface area contributed by atoms with E-state index in [1.54, 1.807) is 0 Å². The summed E-state index contributed by atoms with van der Waals surface area (Å²) in [6.07, 6.45) is 2.42. The van der Waals surface area contributed by atoms with Gasteiger partial charge in [-0.3, -0.25) is 4.79 Å². The number of rotatable bonds is 2. The molecule has 0 unspecified atom stereocenters. The third kappa shape index (κ3) is 4.59. The predicted molar refractivity (Wildman–Crippen MR) is 58.6 cm³/mol. The van der Waals surface area contributed by atoms with Crippen LogP contribution in [-0.4, -0.2) is 29.8 Å². The smallest absolute Gasteiger partial charge is 0.349 e. The average molecular weight is 258 g/mol. The van der Waals surface area contributed by atoms with Crippen LogP contribution in [0.1, 0.15) is 33.6 Å². The first-order chi connectivity index (χ1) is 8.40. The lowest BCUT2D eigenvalue weighted by Gasteiger charge is -2.31. The minimum atomic E-state index is -0.315. The first-order valence-electron chi connectivity index (χ1n) is 5.46. The molecule has 1 amide bonds. The van der Waals surface area contributed by atoms with Crippen LogP contribution in [0.2, 0.25) is 0 Å². The highest BCUT2D eigenvalue weighted by Crippen LogP contribution is 2.32. The maximum absolute atomic E-state index is 11.3. The van der Waals surface area contributed by atoms with Gasteiger partial charge in [0.15, 0.2) is 0 Å². The maximum Gasteiger partial charge on any atom is 0.373 e. The van der Waals surface area contributed by atoms with E-state index in [9.17, 15) is 4.79 Å². The van der Waals surface area contributed by atoms with Crippen LogP contribution in [0.5, 0.6) is 0 Å². The van der Waals surface area contributed by atoms with Crippen molar-refractivity contribution in [2.75, 3.05) is 0 Å². The van der Waals surface area contributed by atoms with Crippen molar-refractivity contribution < 1.29 is 24.0 Å². The van der Waals surface area contributed by atoms with Crippen molar-refractivity contribution in [2.24, 2.45) is 11.7 Å². The summed E-state index contributed by atoms with van der Waals surface area (Å²) in [5.41, 5.74) is 5.69. The number of hydrogen-bond donors (Lipinski definition) is 2. The van der Waals surface area contributed by atoms with Crippen LogP contribution in [-0.2, 0) is 24.0 Å². The van der Waals surface area contributed by atoms with Gasteiger partial charge in [-0.05, 0) is 12.8 Å². The fraction of sp³-hybridized carbons (Fsp3) is 0.727. The summed E-state index contributed by atoms with van der Waals surface area (Å²) in [5.74, 6) is 0.256. The van der Waals surface area contributed by atoms with E-state index >= 15 is 0 Å². The number of carbonyl (C=O) groups excluding carboxylic acids is 5. The highest BCUT2D eigenvalue weighted by atomic mass is 16.2. The lowest BCUT2D eigenvalue weighted by molar-refractivity contribution is -0.193. The minimum Gasteiger partial charge on any atom is -0.349 e. The van der Waals surface area contributed by atoms with Crippen LogP contribution in [0, 0.1) is 5.92 Å². The molecule has 0 aromatic carbocycles. The molecule has 1 heterocycles. The molecule has 2 atom stereocenters. The molecule has 0 bridgehead atoms. The van der Waals surface area contributed by atoms with Gasteiger partial charge in [-0.25, -0.2) is 0 Å². The molecule has 1 saturated heterocycles. The predicted octanol–water partition coefficient (Wildman–Crippen LogP) is -0.529. The van der Waals surface area contributed by atoms with Crippen LogP contribution in [0.3, 0.4) is 0 Å². The molecule has 7 nitrogen and oxygen atoms in total. The Labute approximate surface area is 105 Å². The fourth-order valence-electron chi connectivity index (χ4n) is 2.08. The van der Waals surface area contributed by atoms with Gasteiger partial charge in [0, 0.05) is 11.5 Å². The Kier molecular flexibility index (Phi) is 9.53. The maximum atomic E-state index is 11.3. The van der Waals surface area contributed by atoms with E-state index < -0.39 is 0 Å². The van der Waals surface area contributed by atoms with Gasteiger partial charge >= 0.3 is 12.3 Å². The third-order valence-corrected chi connectivity index (χ3v) is 3.35. The molecule has 0 aromatic rings. The molecule has 1 rings (SSSR count). The molecule has 7 heteroatoms. The molecule has 0 spiro atoms. The first kappa shape index (κ1) is 18.6. The van der Waals surface area contributed by atoms with Crippen molar-refractivity contribution in [1.82, 2.24) is 5.32 Å². The van der Waals surface area contributed by atoms with Crippen molar-refractivity contribution in [3.63, 3.8) is 0 Å². The zero-order valence-corrected chi connectivity index (χ0v) is 10.7. The normalized spacial score (nSPS) is 23.2. The Morgan fingerprint density at radius 1 is 1.17 bits per heavy atom. The van der Waals surface area contributed by atoms with Crippen LogP contribution in [0.15, 0.2) is 0 Å². The summed E-state index contributed by atoms with van der Waals surface area (Å²) in [7, 11) is 0. The number of carbonyl (C=O) groups is 1. The van der Waals surface area contributed by atoms with Gasteiger partial charge in [0.05, 0.1) is 6.04 Å². The van der Waals surface area contributed by atoms with E-state index in [2.05, 4.69) is 26.1 Å². The van der Waals surface area contributed by atoms with E-state index in [4.69, 9.17) is 24.9 Å². The largest absolute Gasteiger partial charge is 0.373 e. The summed E-state index contributed by atoms with van der Waals surface area (Å²) >= 11 is 0. The minimum absolute atomic E-state index is 0.00574. The molecule has 1 aliphatic heterocycles. The van der Waals surface area contributed by atoms with Crippen LogP contribution in [0.4, 0.5) is 0 Å². The topological polar surface area (TPSA) is 123 Å². The molecule has 0 saturated carbocycles. The molecule has 1 fully saturated rings. The summed E-state index contributed by atoms with van der Waals surface area (Å²) < 4.78 is 0. The number of hydrogen-bond acceptors (Lipinski definition) is 6. The van der Waals surface area contributed by atoms with Gasteiger partial charge < -0.3 is 11.1 Å². The molecule has 0 aliphatic carbocycles. The second-order valence-electron chi connectivity index (χ2n) is 3.83. The van der Waals surface area contributed by atoms with E-state index in [1.165, 1.54) is 0 Å². The van der Waals surface area contributed by atoms with E-state index in [-0.39, 0.29) is 35.7 Å². The second-order valence-corrected chi connectivity index (χ2v) is 3.83. The zero-order chi connectivity index (χ0) is 14.8. The number of amides is 1. The lowest BCUT2D eigenvalue weighted by Crippen LogP contribution is -2.44. The molecular formula is C11H18N2O5. The fourth-order valence-corrected chi connectivity index (χ4v) is 2.08. The standard InChI is InChI=1S/C9H18N2O.2CO2/c1-4-9(5-2)6(3)7(10)8(12)11-9;2*2-1-3/h6-7H,4-5,10H2,1-3H3,(H,11,12);;/t6-,7+;;/m1../s1. The third-order valence-electron chi connectivity index (χ3n) is 3.35. The van der Waals surface area contributed by atoms with Gasteiger partial charge in [-0.2, -0.15) is 19.2 Å². The lowest BCUT2D eigenvalue weighted by atomic mass is 9.81. The molecule has 102 valence electrons. The monoisotopic (exact) mass is 258 g/mol. The Balaban J connectivity index is 0. The van der Waals surface area contributed by atoms with Crippen molar-refractivity contribution in [3.8, 4) is 0 Å². The first-order valence-corrected chi connectivity index (χ1v) is 5.46. The van der Waals surface area contributed by atoms with Crippen LogP contribution in [0.25, 0.3) is 0 Å². The molecule has 18 heavy (non-hydrogen) atoms. The second kappa shape index (κ2) is 9.24. The Morgan fingerprint density at radius 2 is 1.50 bits per heavy atom. The Bertz CT molecular complexity index is 314. The van der Waals surface area contributed by atoms with Gasteiger partial charge in [-0.15, -0.1) is 0 Å². The van der Waals surface area contributed by atoms with Gasteiger partial charge in [0.25, 0.3) is 0 Å². The van der Waals surface area contributed by atoms with Crippen LogP contribution < -0.4 is 11.1 Å².